The molecule has 1 unspecified atom stereocenters. The van der Waals surface area contributed by atoms with Crippen LogP contribution in [0.4, 0.5) is 0 Å². The van der Waals surface area contributed by atoms with Crippen molar-refractivity contribution in [2.45, 2.75) is 26.4 Å². The molecule has 2 aromatic rings. The monoisotopic (exact) mass is 337 g/mol. The molecule has 0 saturated carbocycles. The summed E-state index contributed by atoms with van der Waals surface area (Å²) in [6.45, 7) is 5.92. The molecule has 0 aliphatic carbocycles. The van der Waals surface area contributed by atoms with Gasteiger partial charge in [-0.1, -0.05) is 22.9 Å². The zero-order valence-corrected chi connectivity index (χ0v) is 13.6. The molecule has 0 radical (unpaired) electrons. The van der Waals surface area contributed by atoms with E-state index in [1.165, 1.54) is 5.56 Å². The van der Waals surface area contributed by atoms with E-state index >= 15 is 0 Å². The van der Waals surface area contributed by atoms with Gasteiger partial charge in [-0.15, -0.1) is 0 Å². The van der Waals surface area contributed by atoms with Gasteiger partial charge in [0.1, 0.15) is 5.75 Å². The second kappa shape index (κ2) is 6.90. The van der Waals surface area contributed by atoms with E-state index in [0.29, 0.717) is 6.04 Å². The Balaban J connectivity index is 2.14. The first-order valence-electron chi connectivity index (χ1n) is 6.72. The lowest BCUT2D eigenvalue weighted by Crippen LogP contribution is -2.17. The number of aromatic nitrogens is 2. The van der Waals surface area contributed by atoms with Gasteiger partial charge in [-0.3, -0.25) is 4.68 Å². The minimum Gasteiger partial charge on any atom is -0.497 e. The molecule has 20 heavy (non-hydrogen) atoms. The highest BCUT2D eigenvalue weighted by Crippen LogP contribution is 2.23. The first kappa shape index (κ1) is 15.1. The van der Waals surface area contributed by atoms with Gasteiger partial charge in [0.05, 0.1) is 19.9 Å². The van der Waals surface area contributed by atoms with Gasteiger partial charge >= 0.3 is 0 Å². The largest absolute Gasteiger partial charge is 0.497 e. The average molecular weight is 338 g/mol. The standard InChI is InChI=1S/C15H20BrN3O/c1-4-17-11(2)13-8-18-19(10-13)9-12-7-14(20-3)5-6-15(12)16/h5-8,10-11,17H,4,9H2,1-3H3. The molecular formula is C15H20BrN3O. The molecule has 108 valence electrons. The van der Waals surface area contributed by atoms with Crippen LogP contribution in [0.5, 0.6) is 5.75 Å². The van der Waals surface area contributed by atoms with Crippen molar-refractivity contribution < 1.29 is 4.74 Å². The Kier molecular flexibility index (Phi) is 5.20. The van der Waals surface area contributed by atoms with Gasteiger partial charge in [0.2, 0.25) is 0 Å². The molecule has 2 rings (SSSR count). The van der Waals surface area contributed by atoms with Crippen molar-refractivity contribution in [3.05, 3.63) is 46.2 Å². The number of nitrogens with zero attached hydrogens (tertiary/aromatic N) is 2. The van der Waals surface area contributed by atoms with Crippen LogP contribution in [-0.4, -0.2) is 23.4 Å². The Bertz CT molecular complexity index is 568. The Labute approximate surface area is 128 Å². The first-order chi connectivity index (χ1) is 9.63. The summed E-state index contributed by atoms with van der Waals surface area (Å²) in [6, 6.07) is 6.29. The molecule has 0 bridgehead atoms. The third-order valence-electron chi connectivity index (χ3n) is 3.25. The predicted molar refractivity (Wildman–Crippen MR) is 84.1 cm³/mol. The number of methoxy groups -OCH3 is 1. The highest BCUT2D eigenvalue weighted by atomic mass is 79.9. The van der Waals surface area contributed by atoms with E-state index in [9.17, 15) is 0 Å². The maximum Gasteiger partial charge on any atom is 0.119 e. The van der Waals surface area contributed by atoms with Crippen molar-refractivity contribution in [2.75, 3.05) is 13.7 Å². The lowest BCUT2D eigenvalue weighted by molar-refractivity contribution is 0.414. The summed E-state index contributed by atoms with van der Waals surface area (Å²) in [6.07, 6.45) is 4.00. The average Bonchev–Trinajstić information content (AvgIpc) is 2.90. The topological polar surface area (TPSA) is 39.1 Å². The number of halogens is 1. The summed E-state index contributed by atoms with van der Waals surface area (Å²) in [5, 5.41) is 7.81. The normalized spacial score (nSPS) is 12.4. The smallest absolute Gasteiger partial charge is 0.119 e. The van der Waals surface area contributed by atoms with Crippen LogP contribution in [0.3, 0.4) is 0 Å². The second-order valence-corrected chi connectivity index (χ2v) is 5.56. The highest BCUT2D eigenvalue weighted by Gasteiger charge is 2.08. The van der Waals surface area contributed by atoms with Crippen molar-refractivity contribution in [3.63, 3.8) is 0 Å². The van der Waals surface area contributed by atoms with E-state index in [1.54, 1.807) is 7.11 Å². The number of nitrogens with one attached hydrogen (secondary N) is 1. The van der Waals surface area contributed by atoms with Crippen molar-refractivity contribution in [2.24, 2.45) is 0 Å². The lowest BCUT2D eigenvalue weighted by atomic mass is 10.2. The van der Waals surface area contributed by atoms with Crippen LogP contribution in [0.15, 0.2) is 35.1 Å². The van der Waals surface area contributed by atoms with Crippen LogP contribution in [0, 0.1) is 0 Å². The van der Waals surface area contributed by atoms with E-state index in [0.717, 1.165) is 28.9 Å². The van der Waals surface area contributed by atoms with Crippen molar-refractivity contribution in [3.8, 4) is 5.75 Å². The molecule has 0 spiro atoms. The fraction of sp³-hybridized carbons (Fsp3) is 0.400. The van der Waals surface area contributed by atoms with Crippen LogP contribution >= 0.6 is 15.9 Å². The third-order valence-corrected chi connectivity index (χ3v) is 4.02. The molecule has 1 aromatic carbocycles. The maximum absolute atomic E-state index is 5.26. The summed E-state index contributed by atoms with van der Waals surface area (Å²) >= 11 is 3.57. The molecule has 0 fully saturated rings. The van der Waals surface area contributed by atoms with Gasteiger partial charge in [-0.25, -0.2) is 0 Å². The zero-order valence-electron chi connectivity index (χ0n) is 12.1. The fourth-order valence-corrected chi connectivity index (χ4v) is 2.46. The maximum atomic E-state index is 5.26. The third kappa shape index (κ3) is 3.61. The molecule has 4 nitrogen and oxygen atoms in total. The van der Waals surface area contributed by atoms with E-state index in [-0.39, 0.29) is 0 Å². The molecule has 1 heterocycles. The summed E-state index contributed by atoms with van der Waals surface area (Å²) in [7, 11) is 1.68. The van der Waals surface area contributed by atoms with Gasteiger partial charge < -0.3 is 10.1 Å². The Morgan fingerprint density at radius 1 is 1.45 bits per heavy atom. The molecular weight excluding hydrogens is 318 g/mol. The van der Waals surface area contributed by atoms with E-state index in [2.05, 4.69) is 46.4 Å². The van der Waals surface area contributed by atoms with Crippen LogP contribution in [0.2, 0.25) is 0 Å². The van der Waals surface area contributed by atoms with Crippen LogP contribution in [0.25, 0.3) is 0 Å². The fourth-order valence-electron chi connectivity index (χ4n) is 2.09. The van der Waals surface area contributed by atoms with Crippen molar-refractivity contribution in [1.82, 2.24) is 15.1 Å². The Morgan fingerprint density at radius 3 is 2.95 bits per heavy atom. The summed E-state index contributed by atoms with van der Waals surface area (Å²) in [5.41, 5.74) is 2.35. The van der Waals surface area contributed by atoms with Crippen LogP contribution in [-0.2, 0) is 6.54 Å². The summed E-state index contributed by atoms with van der Waals surface area (Å²) in [5.74, 6) is 0.858. The number of hydrogen-bond donors (Lipinski definition) is 1. The van der Waals surface area contributed by atoms with E-state index < -0.39 is 0 Å². The van der Waals surface area contributed by atoms with E-state index in [4.69, 9.17) is 4.74 Å². The van der Waals surface area contributed by atoms with Crippen molar-refractivity contribution >= 4 is 15.9 Å². The SMILES string of the molecule is CCNC(C)c1cnn(Cc2cc(OC)ccc2Br)c1. The van der Waals surface area contributed by atoms with Crippen molar-refractivity contribution in [1.29, 1.82) is 0 Å². The molecule has 1 aromatic heterocycles. The van der Waals surface area contributed by atoms with E-state index in [1.807, 2.05) is 29.1 Å². The molecule has 0 saturated heterocycles. The summed E-state index contributed by atoms with van der Waals surface area (Å²) < 4.78 is 8.27. The molecule has 1 N–H and O–H groups in total. The first-order valence-corrected chi connectivity index (χ1v) is 7.51. The highest BCUT2D eigenvalue weighted by molar-refractivity contribution is 9.10. The molecule has 0 aliphatic heterocycles. The number of benzene rings is 1. The predicted octanol–water partition coefficient (Wildman–Crippen LogP) is 3.37. The molecule has 1 atom stereocenters. The number of hydrogen-bond acceptors (Lipinski definition) is 3. The van der Waals surface area contributed by atoms with Gasteiger partial charge in [-0.05, 0) is 37.2 Å². The number of rotatable bonds is 6. The molecule has 0 amide bonds. The lowest BCUT2D eigenvalue weighted by Gasteiger charge is -2.09. The van der Waals surface area contributed by atoms with Gasteiger partial charge in [0, 0.05) is 22.3 Å². The van der Waals surface area contributed by atoms with Crippen LogP contribution < -0.4 is 10.1 Å². The minimum absolute atomic E-state index is 0.322. The quantitative estimate of drug-likeness (QED) is 0.878. The van der Waals surface area contributed by atoms with Crippen LogP contribution in [0.1, 0.15) is 31.0 Å². The van der Waals surface area contributed by atoms with Gasteiger partial charge in [0.15, 0.2) is 0 Å². The Hall–Kier alpha value is -1.33. The van der Waals surface area contributed by atoms with Gasteiger partial charge in [-0.2, -0.15) is 5.10 Å². The zero-order chi connectivity index (χ0) is 14.5. The second-order valence-electron chi connectivity index (χ2n) is 4.71. The Morgan fingerprint density at radius 2 is 2.25 bits per heavy atom. The molecule has 5 heteroatoms. The summed E-state index contributed by atoms with van der Waals surface area (Å²) in [4.78, 5) is 0. The van der Waals surface area contributed by atoms with Gasteiger partial charge in [0.25, 0.3) is 0 Å². The minimum atomic E-state index is 0.322. The number of ether oxygens (including phenoxy) is 1. The molecule has 0 aliphatic rings.